The van der Waals surface area contributed by atoms with Gasteiger partial charge < -0.3 is 20.1 Å². The van der Waals surface area contributed by atoms with E-state index in [1.54, 1.807) is 11.8 Å². The van der Waals surface area contributed by atoms with Crippen molar-refractivity contribution >= 4 is 11.9 Å². The van der Waals surface area contributed by atoms with Crippen LogP contribution in [-0.2, 0) is 14.3 Å². The molecule has 1 rings (SSSR count). The summed E-state index contributed by atoms with van der Waals surface area (Å²) in [4.78, 5) is 25.7. The number of piperidine rings is 1. The summed E-state index contributed by atoms with van der Waals surface area (Å²) in [5.41, 5.74) is 0.0757. The Labute approximate surface area is 143 Å². The number of unbranched alkanes of at least 4 members (excludes halogenated alkanes) is 2. The van der Waals surface area contributed by atoms with Crippen LogP contribution >= 0.6 is 0 Å². The Morgan fingerprint density at radius 1 is 1.33 bits per heavy atom. The number of nitrogens with one attached hydrogen (secondary N) is 1. The predicted molar refractivity (Wildman–Crippen MR) is 88.6 cm³/mol. The van der Waals surface area contributed by atoms with E-state index in [2.05, 4.69) is 5.32 Å². The number of aliphatic hydroxyl groups excluding tert-OH is 1. The molecule has 1 saturated heterocycles. The maximum atomic E-state index is 12.3. The van der Waals surface area contributed by atoms with E-state index in [1.165, 1.54) is 6.20 Å². The van der Waals surface area contributed by atoms with Crippen LogP contribution in [0.5, 0.6) is 0 Å². The lowest BCUT2D eigenvalue weighted by Crippen LogP contribution is -2.41. The highest BCUT2D eigenvalue weighted by molar-refractivity contribution is 5.97. The topological polar surface area (TPSA) is 103 Å². The minimum absolute atomic E-state index is 0.0757. The van der Waals surface area contributed by atoms with Crippen molar-refractivity contribution in [2.45, 2.75) is 39.0 Å². The van der Waals surface area contributed by atoms with E-state index >= 15 is 0 Å². The number of nitriles is 1. The Kier molecular flexibility index (Phi) is 9.54. The smallest absolute Gasteiger partial charge is 0.309 e. The van der Waals surface area contributed by atoms with Crippen LogP contribution in [0.1, 0.15) is 39.0 Å². The number of aliphatic hydroxyl groups is 1. The van der Waals surface area contributed by atoms with Crippen LogP contribution in [0.2, 0.25) is 0 Å². The molecule has 0 unspecified atom stereocenters. The van der Waals surface area contributed by atoms with Crippen molar-refractivity contribution in [1.29, 1.82) is 5.26 Å². The van der Waals surface area contributed by atoms with Gasteiger partial charge in [-0.1, -0.05) is 0 Å². The van der Waals surface area contributed by atoms with E-state index in [0.29, 0.717) is 39.1 Å². The Balaban J connectivity index is 2.41. The summed E-state index contributed by atoms with van der Waals surface area (Å²) >= 11 is 0. The first-order chi connectivity index (χ1) is 11.6. The molecule has 1 fully saturated rings. The number of likely N-dealkylation sites (tertiary alicyclic amines) is 1. The lowest BCUT2D eigenvalue weighted by atomic mass is 9.96. The third kappa shape index (κ3) is 6.59. The first-order valence-electron chi connectivity index (χ1n) is 8.54. The van der Waals surface area contributed by atoms with Gasteiger partial charge in [-0.3, -0.25) is 9.59 Å². The van der Waals surface area contributed by atoms with E-state index in [-0.39, 0.29) is 30.0 Å². The maximum absolute atomic E-state index is 12.3. The molecule has 0 aromatic heterocycles. The molecule has 1 aliphatic heterocycles. The lowest BCUT2D eigenvalue weighted by Gasteiger charge is -2.30. The van der Waals surface area contributed by atoms with E-state index in [0.717, 1.165) is 19.3 Å². The molecule has 24 heavy (non-hydrogen) atoms. The molecule has 0 aromatic rings. The van der Waals surface area contributed by atoms with Crippen molar-refractivity contribution in [2.75, 3.05) is 32.8 Å². The molecule has 0 aliphatic carbocycles. The van der Waals surface area contributed by atoms with Gasteiger partial charge in [0.15, 0.2) is 0 Å². The second-order valence-corrected chi connectivity index (χ2v) is 5.73. The van der Waals surface area contributed by atoms with Gasteiger partial charge in [0, 0.05) is 32.4 Å². The van der Waals surface area contributed by atoms with Crippen LogP contribution in [0.15, 0.2) is 11.8 Å². The molecule has 0 spiro atoms. The average Bonchev–Trinajstić information content (AvgIpc) is 2.61. The number of carbonyl (C=O) groups is 2. The van der Waals surface area contributed by atoms with Crippen LogP contribution in [0.25, 0.3) is 0 Å². The summed E-state index contributed by atoms with van der Waals surface area (Å²) in [5, 5.41) is 20.8. The zero-order chi connectivity index (χ0) is 17.8. The number of carbonyl (C=O) groups excluding carboxylic acids is 2. The number of ether oxygens (including phenoxy) is 1. The second-order valence-electron chi connectivity index (χ2n) is 5.73. The van der Waals surface area contributed by atoms with Crippen molar-refractivity contribution in [1.82, 2.24) is 10.2 Å². The lowest BCUT2D eigenvalue weighted by molar-refractivity contribution is -0.150. The van der Waals surface area contributed by atoms with Gasteiger partial charge in [-0.05, 0) is 39.0 Å². The van der Waals surface area contributed by atoms with E-state index < -0.39 is 0 Å². The second kappa shape index (κ2) is 11.5. The summed E-state index contributed by atoms with van der Waals surface area (Å²) < 4.78 is 5.01. The van der Waals surface area contributed by atoms with Gasteiger partial charge in [-0.2, -0.15) is 5.26 Å². The van der Waals surface area contributed by atoms with Gasteiger partial charge in [0.2, 0.25) is 0 Å². The van der Waals surface area contributed by atoms with Crippen molar-refractivity contribution in [3.63, 3.8) is 0 Å². The SMILES string of the molecule is CCOC(=O)C1CCN(C(=O)/C(C#N)=C\NCCCCCO)CC1. The summed E-state index contributed by atoms with van der Waals surface area (Å²) in [6.45, 7) is 3.89. The number of hydrogen-bond donors (Lipinski definition) is 2. The molecule has 1 aliphatic rings. The number of hydrogen-bond acceptors (Lipinski definition) is 6. The molecule has 1 amide bonds. The summed E-state index contributed by atoms with van der Waals surface area (Å²) in [6, 6.07) is 1.93. The van der Waals surface area contributed by atoms with Crippen molar-refractivity contribution in [2.24, 2.45) is 5.92 Å². The minimum atomic E-state index is -0.303. The highest BCUT2D eigenvalue weighted by atomic mass is 16.5. The van der Waals surface area contributed by atoms with Gasteiger partial charge in [0.25, 0.3) is 5.91 Å². The molecule has 7 heteroatoms. The molecule has 1 heterocycles. The standard InChI is InChI=1S/C17H27N3O4/c1-2-24-17(23)14-6-9-20(10-7-14)16(22)15(12-18)13-19-8-4-3-5-11-21/h13-14,19,21H,2-11H2,1H3/b15-13-. The molecular weight excluding hydrogens is 310 g/mol. The largest absolute Gasteiger partial charge is 0.466 e. The zero-order valence-electron chi connectivity index (χ0n) is 14.3. The molecular formula is C17H27N3O4. The Morgan fingerprint density at radius 3 is 2.62 bits per heavy atom. The van der Waals surface area contributed by atoms with E-state index in [1.807, 2.05) is 6.07 Å². The molecule has 0 saturated carbocycles. The Morgan fingerprint density at radius 2 is 2.04 bits per heavy atom. The van der Waals surface area contributed by atoms with Crippen molar-refractivity contribution in [3.05, 3.63) is 11.8 Å². The normalized spacial score (nSPS) is 15.7. The van der Waals surface area contributed by atoms with Gasteiger partial charge in [0.05, 0.1) is 12.5 Å². The molecule has 134 valence electrons. The van der Waals surface area contributed by atoms with Gasteiger partial charge in [0.1, 0.15) is 11.6 Å². The molecule has 7 nitrogen and oxygen atoms in total. The first-order valence-corrected chi connectivity index (χ1v) is 8.54. The van der Waals surface area contributed by atoms with Crippen molar-refractivity contribution in [3.8, 4) is 6.07 Å². The first kappa shape index (κ1) is 20.0. The molecule has 0 bridgehead atoms. The fourth-order valence-electron chi connectivity index (χ4n) is 2.58. The number of esters is 1. The summed E-state index contributed by atoms with van der Waals surface area (Å²) in [5.74, 6) is -0.666. The predicted octanol–water partition coefficient (Wildman–Crippen LogP) is 0.948. The third-order valence-electron chi connectivity index (χ3n) is 3.98. The van der Waals surface area contributed by atoms with Gasteiger partial charge in [-0.25, -0.2) is 0 Å². The van der Waals surface area contributed by atoms with E-state index in [9.17, 15) is 9.59 Å². The van der Waals surface area contributed by atoms with Gasteiger partial charge >= 0.3 is 5.97 Å². The average molecular weight is 337 g/mol. The summed E-state index contributed by atoms with van der Waals surface area (Å²) in [7, 11) is 0. The Hall–Kier alpha value is -2.07. The van der Waals surface area contributed by atoms with Crippen LogP contribution in [-0.4, -0.2) is 54.7 Å². The highest BCUT2D eigenvalue weighted by Crippen LogP contribution is 2.19. The fourth-order valence-corrected chi connectivity index (χ4v) is 2.58. The quantitative estimate of drug-likeness (QED) is 0.281. The number of nitrogens with zero attached hydrogens (tertiary/aromatic N) is 2. The zero-order valence-corrected chi connectivity index (χ0v) is 14.3. The monoisotopic (exact) mass is 337 g/mol. The number of amides is 1. The van der Waals surface area contributed by atoms with Crippen LogP contribution in [0, 0.1) is 17.2 Å². The van der Waals surface area contributed by atoms with Gasteiger partial charge in [-0.15, -0.1) is 0 Å². The highest BCUT2D eigenvalue weighted by Gasteiger charge is 2.29. The third-order valence-corrected chi connectivity index (χ3v) is 3.98. The summed E-state index contributed by atoms with van der Waals surface area (Å²) in [6.07, 6.45) is 5.11. The minimum Gasteiger partial charge on any atom is -0.466 e. The van der Waals surface area contributed by atoms with Crippen molar-refractivity contribution < 1.29 is 19.4 Å². The fraction of sp³-hybridized carbons (Fsp3) is 0.706. The van der Waals surface area contributed by atoms with Crippen LogP contribution in [0.4, 0.5) is 0 Å². The molecule has 2 N–H and O–H groups in total. The molecule has 0 atom stereocenters. The molecule has 0 radical (unpaired) electrons. The maximum Gasteiger partial charge on any atom is 0.309 e. The van der Waals surface area contributed by atoms with E-state index in [4.69, 9.17) is 15.1 Å². The van der Waals surface area contributed by atoms with Crippen LogP contribution < -0.4 is 5.32 Å². The Bertz CT molecular complexity index is 477. The molecule has 0 aromatic carbocycles. The number of rotatable bonds is 9. The van der Waals surface area contributed by atoms with Crippen LogP contribution in [0.3, 0.4) is 0 Å².